The van der Waals surface area contributed by atoms with Gasteiger partial charge in [-0.2, -0.15) is 0 Å². The molecule has 5 nitrogen and oxygen atoms in total. The third kappa shape index (κ3) is 13.6. The summed E-state index contributed by atoms with van der Waals surface area (Å²) in [5.74, 6) is 0. The van der Waals surface area contributed by atoms with Gasteiger partial charge in [-0.15, -0.1) is 0 Å². The molecule has 0 saturated heterocycles. The topological polar surface area (TPSA) is 46.2 Å². The second kappa shape index (κ2) is 9.39. The number of hydrogen-bond donors (Lipinski definition) is 0. The molecule has 1 atom stereocenters. The van der Waals surface area contributed by atoms with E-state index in [1.807, 2.05) is 0 Å². The molecule has 0 aromatic heterocycles. The van der Waals surface area contributed by atoms with E-state index in [4.69, 9.17) is 21.8 Å². The van der Waals surface area contributed by atoms with Crippen LogP contribution in [0.1, 0.15) is 6.42 Å². The number of hydrogen-bond acceptors (Lipinski definition) is 5. The van der Waals surface area contributed by atoms with Crippen molar-refractivity contribution in [3.63, 3.8) is 0 Å². The predicted molar refractivity (Wildman–Crippen MR) is 106 cm³/mol. The van der Waals surface area contributed by atoms with Gasteiger partial charge in [-0.25, -0.2) is 0 Å². The van der Waals surface area contributed by atoms with Crippen LogP contribution in [-0.2, 0) is 21.8 Å². The van der Waals surface area contributed by atoms with Gasteiger partial charge in [0.05, 0.1) is 0 Å². The summed E-state index contributed by atoms with van der Waals surface area (Å²) >= 11 is 0. The van der Waals surface area contributed by atoms with Gasteiger partial charge in [-0.05, 0) is 71.4 Å². The molecule has 0 aliphatic carbocycles. The number of ether oxygens (including phenoxy) is 2. The van der Waals surface area contributed by atoms with E-state index in [0.29, 0.717) is 13.4 Å². The van der Waals surface area contributed by atoms with E-state index in [0.717, 1.165) is 12.5 Å². The smallest absolute Gasteiger partial charge is 0.315 e. The first-order chi connectivity index (χ1) is 10.2. The van der Waals surface area contributed by atoms with Crippen LogP contribution in [0.4, 0.5) is 0 Å². The van der Waals surface area contributed by atoms with Crippen LogP contribution < -0.4 is 0 Å². The van der Waals surface area contributed by atoms with Gasteiger partial charge in [0.1, 0.15) is 6.79 Å². The minimum absolute atomic E-state index is 0.340. The van der Waals surface area contributed by atoms with Crippen molar-refractivity contribution in [1.29, 1.82) is 0 Å². The standard InChI is InChI=1S/C14H38O5Si4/c1-15-14-16-12-11-13-23(10,18-21(5,6)7)19-22(8,9)17-20(2,3)4/h11-14H2,1-10H3. The van der Waals surface area contributed by atoms with Crippen molar-refractivity contribution in [2.45, 2.75) is 71.4 Å². The van der Waals surface area contributed by atoms with Crippen LogP contribution in [0.3, 0.4) is 0 Å². The van der Waals surface area contributed by atoms with Gasteiger partial charge < -0.3 is 21.8 Å². The number of methoxy groups -OCH3 is 1. The summed E-state index contributed by atoms with van der Waals surface area (Å²) in [4.78, 5) is 0. The van der Waals surface area contributed by atoms with Crippen LogP contribution >= 0.6 is 0 Å². The lowest BCUT2D eigenvalue weighted by Gasteiger charge is -2.41. The Morgan fingerprint density at radius 1 is 0.696 bits per heavy atom. The average Bonchev–Trinajstić information content (AvgIpc) is 2.20. The van der Waals surface area contributed by atoms with Crippen molar-refractivity contribution < 1.29 is 21.8 Å². The largest absolute Gasteiger partial charge is 0.437 e. The summed E-state index contributed by atoms with van der Waals surface area (Å²) in [7, 11) is -6.14. The molecular weight excluding hydrogens is 360 g/mol. The van der Waals surface area contributed by atoms with Crippen molar-refractivity contribution in [3.05, 3.63) is 0 Å². The van der Waals surface area contributed by atoms with Gasteiger partial charge in [-0.1, -0.05) is 0 Å². The second-order valence-electron chi connectivity index (χ2n) is 8.48. The average molecular weight is 399 g/mol. The first-order valence-corrected chi connectivity index (χ1v) is 20.5. The lowest BCUT2D eigenvalue weighted by atomic mass is 10.5. The molecule has 0 aliphatic heterocycles. The van der Waals surface area contributed by atoms with Crippen LogP contribution in [0.15, 0.2) is 0 Å². The molecule has 0 aromatic rings. The summed E-state index contributed by atoms with van der Waals surface area (Å²) < 4.78 is 29.8. The van der Waals surface area contributed by atoms with E-state index < -0.39 is 33.8 Å². The van der Waals surface area contributed by atoms with Crippen molar-refractivity contribution in [1.82, 2.24) is 0 Å². The molecule has 0 radical (unpaired) electrons. The van der Waals surface area contributed by atoms with Crippen LogP contribution in [0, 0.1) is 0 Å². The van der Waals surface area contributed by atoms with Crippen molar-refractivity contribution in [2.24, 2.45) is 0 Å². The first kappa shape index (κ1) is 23.7. The van der Waals surface area contributed by atoms with Crippen LogP contribution in [0.5, 0.6) is 0 Å². The monoisotopic (exact) mass is 398 g/mol. The Kier molecular flexibility index (Phi) is 9.66. The molecule has 0 aromatic carbocycles. The maximum atomic E-state index is 6.60. The Bertz CT molecular complexity index is 341. The maximum Gasteiger partial charge on any atom is 0.315 e. The van der Waals surface area contributed by atoms with E-state index in [1.165, 1.54) is 0 Å². The second-order valence-corrected chi connectivity index (χ2v) is 24.9. The van der Waals surface area contributed by atoms with Gasteiger partial charge in [0.2, 0.25) is 0 Å². The highest BCUT2D eigenvalue weighted by Gasteiger charge is 2.44. The summed E-state index contributed by atoms with van der Waals surface area (Å²) in [5, 5.41) is 0. The molecule has 0 N–H and O–H groups in total. The molecule has 1 unspecified atom stereocenters. The van der Waals surface area contributed by atoms with Gasteiger partial charge >= 0.3 is 17.1 Å². The zero-order valence-electron chi connectivity index (χ0n) is 16.9. The molecule has 140 valence electrons. The van der Waals surface area contributed by atoms with Gasteiger partial charge in [-0.3, -0.25) is 0 Å². The van der Waals surface area contributed by atoms with Gasteiger partial charge in [0.25, 0.3) is 0 Å². The first-order valence-electron chi connectivity index (χ1n) is 8.35. The quantitative estimate of drug-likeness (QED) is 0.275. The van der Waals surface area contributed by atoms with E-state index >= 15 is 0 Å². The lowest BCUT2D eigenvalue weighted by molar-refractivity contribution is -0.0304. The molecule has 0 heterocycles. The molecule has 0 spiro atoms. The SMILES string of the molecule is COCOCCC[Si](C)(O[Si](C)(C)C)O[Si](C)(C)O[Si](C)(C)C. The molecule has 0 amide bonds. The fourth-order valence-electron chi connectivity index (χ4n) is 2.69. The third-order valence-corrected chi connectivity index (χ3v) is 16.2. The Morgan fingerprint density at radius 2 is 1.22 bits per heavy atom. The molecular formula is C14H38O5Si4. The van der Waals surface area contributed by atoms with Crippen molar-refractivity contribution in [3.8, 4) is 0 Å². The maximum absolute atomic E-state index is 6.60. The van der Waals surface area contributed by atoms with E-state index in [-0.39, 0.29) is 0 Å². The fraction of sp³-hybridized carbons (Fsp3) is 1.00. The molecule has 23 heavy (non-hydrogen) atoms. The molecule has 0 rings (SSSR count). The van der Waals surface area contributed by atoms with E-state index in [1.54, 1.807) is 7.11 Å². The Hall–Kier alpha value is 0.668. The third-order valence-electron chi connectivity index (χ3n) is 2.66. The molecule has 0 saturated carbocycles. The normalized spacial score (nSPS) is 16.4. The van der Waals surface area contributed by atoms with Crippen LogP contribution in [-0.4, -0.2) is 54.3 Å². The predicted octanol–water partition coefficient (Wildman–Crippen LogP) is 4.49. The van der Waals surface area contributed by atoms with Gasteiger partial charge in [0, 0.05) is 13.7 Å². The molecule has 0 aliphatic rings. The van der Waals surface area contributed by atoms with Crippen molar-refractivity contribution >= 4 is 33.8 Å². The zero-order chi connectivity index (χ0) is 18.4. The highest BCUT2D eigenvalue weighted by Crippen LogP contribution is 2.27. The minimum atomic E-state index is -2.28. The summed E-state index contributed by atoms with van der Waals surface area (Å²) in [6, 6.07) is 0.923. The lowest BCUT2D eigenvalue weighted by Crippen LogP contribution is -2.56. The highest BCUT2D eigenvalue weighted by molar-refractivity contribution is 6.89. The van der Waals surface area contributed by atoms with Crippen LogP contribution in [0.25, 0.3) is 0 Å². The number of rotatable bonds is 12. The van der Waals surface area contributed by atoms with E-state index in [2.05, 4.69) is 58.9 Å². The highest BCUT2D eigenvalue weighted by atomic mass is 28.5. The minimum Gasteiger partial charge on any atom is -0.437 e. The summed E-state index contributed by atoms with van der Waals surface area (Å²) in [6.45, 7) is 20.8. The van der Waals surface area contributed by atoms with E-state index in [9.17, 15) is 0 Å². The van der Waals surface area contributed by atoms with Gasteiger partial charge in [0.15, 0.2) is 16.6 Å². The molecule has 0 fully saturated rings. The Balaban J connectivity index is 4.84. The molecule has 9 heteroatoms. The summed E-state index contributed by atoms with van der Waals surface area (Å²) in [6.07, 6.45) is 0.925. The van der Waals surface area contributed by atoms with Crippen molar-refractivity contribution in [2.75, 3.05) is 20.5 Å². The Morgan fingerprint density at radius 3 is 1.65 bits per heavy atom. The summed E-state index contributed by atoms with van der Waals surface area (Å²) in [5.41, 5.74) is 0. The Labute approximate surface area is 147 Å². The zero-order valence-corrected chi connectivity index (χ0v) is 20.9. The molecule has 0 bridgehead atoms. The van der Waals surface area contributed by atoms with Crippen LogP contribution in [0.2, 0.25) is 65.0 Å². The fourth-order valence-corrected chi connectivity index (χ4v) is 20.6.